The molecular weight excluding hydrogens is 631 g/mol. The van der Waals surface area contributed by atoms with Gasteiger partial charge in [-0.25, -0.2) is 4.98 Å². The molecule has 42 heavy (non-hydrogen) atoms. The second-order valence-electron chi connectivity index (χ2n) is 9.73. The lowest BCUT2D eigenvalue weighted by molar-refractivity contribution is 0.0741. The van der Waals surface area contributed by atoms with Gasteiger partial charge in [0, 0.05) is 52.9 Å². The van der Waals surface area contributed by atoms with Crippen LogP contribution in [0, 0.1) is 6.92 Å². The summed E-state index contributed by atoms with van der Waals surface area (Å²) in [4.78, 5) is 22.0. The number of halogens is 3. The third kappa shape index (κ3) is 6.16. The second-order valence-corrected chi connectivity index (χ2v) is 12.9. The Labute approximate surface area is 267 Å². The van der Waals surface area contributed by atoms with Gasteiger partial charge in [0.15, 0.2) is 11.0 Å². The Morgan fingerprint density at radius 1 is 0.929 bits per heavy atom. The van der Waals surface area contributed by atoms with Crippen LogP contribution in [-0.2, 0) is 5.75 Å². The van der Waals surface area contributed by atoms with Crippen molar-refractivity contribution in [2.75, 3.05) is 31.1 Å². The first-order chi connectivity index (χ1) is 20.4. The largest absolute Gasteiger partial charge is 0.368 e. The summed E-state index contributed by atoms with van der Waals surface area (Å²) < 4.78 is 1.98. The number of piperazine rings is 1. The maximum atomic E-state index is 13.3. The van der Waals surface area contributed by atoms with Gasteiger partial charge in [-0.15, -0.1) is 21.5 Å². The number of anilines is 1. The lowest BCUT2D eigenvalue weighted by Gasteiger charge is -2.35. The van der Waals surface area contributed by atoms with Gasteiger partial charge in [-0.1, -0.05) is 70.8 Å². The number of carbonyl (C=O) groups is 1. The Balaban J connectivity index is 1.17. The minimum Gasteiger partial charge on any atom is -0.368 e. The first-order valence-electron chi connectivity index (χ1n) is 13.2. The predicted molar refractivity (Wildman–Crippen MR) is 173 cm³/mol. The van der Waals surface area contributed by atoms with Crippen molar-refractivity contribution in [2.45, 2.75) is 17.8 Å². The van der Waals surface area contributed by atoms with E-state index in [0.29, 0.717) is 50.6 Å². The van der Waals surface area contributed by atoms with Gasteiger partial charge in [-0.05, 0) is 55.0 Å². The third-order valence-electron chi connectivity index (χ3n) is 7.00. The number of aromatic nitrogens is 4. The van der Waals surface area contributed by atoms with Crippen molar-refractivity contribution in [1.29, 1.82) is 0 Å². The van der Waals surface area contributed by atoms with Crippen LogP contribution in [0.1, 0.15) is 21.1 Å². The Kier molecular flexibility index (Phi) is 8.74. The first-order valence-corrected chi connectivity index (χ1v) is 16.2. The van der Waals surface area contributed by atoms with E-state index < -0.39 is 0 Å². The Hall–Kier alpha value is -3.08. The molecule has 1 fully saturated rings. The normalized spacial score (nSPS) is 13.5. The number of hydrogen-bond acceptors (Lipinski definition) is 7. The van der Waals surface area contributed by atoms with E-state index in [9.17, 15) is 4.79 Å². The highest BCUT2D eigenvalue weighted by Gasteiger charge is 2.25. The van der Waals surface area contributed by atoms with E-state index >= 15 is 0 Å². The van der Waals surface area contributed by atoms with Crippen molar-refractivity contribution in [3.8, 4) is 17.1 Å². The maximum absolute atomic E-state index is 13.3. The molecule has 3 aromatic carbocycles. The van der Waals surface area contributed by atoms with Crippen molar-refractivity contribution < 1.29 is 4.79 Å². The van der Waals surface area contributed by atoms with E-state index in [-0.39, 0.29) is 5.91 Å². The lowest BCUT2D eigenvalue weighted by Crippen LogP contribution is -2.48. The number of thioether (sulfide) groups is 1. The van der Waals surface area contributed by atoms with Gasteiger partial charge in [0.1, 0.15) is 10.7 Å². The van der Waals surface area contributed by atoms with E-state index in [4.69, 9.17) is 34.8 Å². The first kappa shape index (κ1) is 29.0. The number of carbonyl (C=O) groups excluding carboxylic acids is 1. The smallest absolute Gasteiger partial charge is 0.273 e. The molecule has 12 heteroatoms. The zero-order valence-electron chi connectivity index (χ0n) is 22.5. The predicted octanol–water partition coefficient (Wildman–Crippen LogP) is 7.91. The van der Waals surface area contributed by atoms with Gasteiger partial charge in [0.25, 0.3) is 5.91 Å². The SMILES string of the molecule is Cc1ccc(Cl)cc1-n1c(SCc2nc(C(=O)N3CCN(c4cccc(Cl)c4)CC3)cs2)nnc1-c1ccccc1Cl. The monoisotopic (exact) mass is 654 g/mol. The Morgan fingerprint density at radius 2 is 1.71 bits per heavy atom. The Bertz CT molecular complexity index is 1750. The molecule has 1 aliphatic heterocycles. The highest BCUT2D eigenvalue weighted by Crippen LogP contribution is 2.35. The van der Waals surface area contributed by atoms with Crippen LogP contribution in [0.2, 0.25) is 15.1 Å². The minimum absolute atomic E-state index is 0.0491. The number of benzene rings is 3. The van der Waals surface area contributed by atoms with Crippen LogP contribution in [0.5, 0.6) is 0 Å². The molecule has 0 radical (unpaired) electrons. The van der Waals surface area contributed by atoms with Crippen LogP contribution in [0.15, 0.2) is 77.3 Å². The van der Waals surface area contributed by atoms with E-state index in [1.807, 2.05) is 88.5 Å². The van der Waals surface area contributed by atoms with Gasteiger partial charge in [-0.2, -0.15) is 0 Å². The van der Waals surface area contributed by atoms with Gasteiger partial charge >= 0.3 is 0 Å². The van der Waals surface area contributed by atoms with E-state index in [1.165, 1.54) is 23.1 Å². The summed E-state index contributed by atoms with van der Waals surface area (Å²) in [5.74, 6) is 1.10. The van der Waals surface area contributed by atoms with E-state index in [2.05, 4.69) is 20.1 Å². The summed E-state index contributed by atoms with van der Waals surface area (Å²) in [6.45, 7) is 4.75. The van der Waals surface area contributed by atoms with Crippen LogP contribution in [0.25, 0.3) is 17.1 Å². The Morgan fingerprint density at radius 3 is 2.50 bits per heavy atom. The van der Waals surface area contributed by atoms with Crippen LogP contribution in [-0.4, -0.2) is 56.7 Å². The summed E-state index contributed by atoms with van der Waals surface area (Å²) in [6, 6.07) is 21.1. The number of nitrogens with zero attached hydrogens (tertiary/aromatic N) is 6. The molecule has 1 aliphatic rings. The molecule has 0 aliphatic carbocycles. The van der Waals surface area contributed by atoms with Gasteiger partial charge in [-0.3, -0.25) is 9.36 Å². The third-order valence-corrected chi connectivity index (χ3v) is 9.77. The average Bonchev–Trinajstić information content (AvgIpc) is 3.65. The molecule has 0 unspecified atom stereocenters. The van der Waals surface area contributed by atoms with Crippen molar-refractivity contribution in [1.82, 2.24) is 24.6 Å². The van der Waals surface area contributed by atoms with E-state index in [0.717, 1.165) is 40.6 Å². The second kappa shape index (κ2) is 12.7. The number of rotatable bonds is 7. The number of thiazole rings is 1. The zero-order chi connectivity index (χ0) is 29.2. The molecule has 5 aromatic rings. The summed E-state index contributed by atoms with van der Waals surface area (Å²) in [5.41, 5.74) is 4.20. The zero-order valence-corrected chi connectivity index (χ0v) is 26.4. The van der Waals surface area contributed by atoms with Crippen LogP contribution in [0.4, 0.5) is 5.69 Å². The number of aryl methyl sites for hydroxylation is 1. The molecule has 0 saturated carbocycles. The molecule has 0 atom stereocenters. The van der Waals surface area contributed by atoms with Crippen molar-refractivity contribution in [3.05, 3.63) is 103 Å². The minimum atomic E-state index is -0.0491. The highest BCUT2D eigenvalue weighted by atomic mass is 35.5. The molecule has 214 valence electrons. The molecule has 1 saturated heterocycles. The number of hydrogen-bond donors (Lipinski definition) is 0. The molecule has 0 spiro atoms. The van der Waals surface area contributed by atoms with Crippen molar-refractivity contribution >= 4 is 69.5 Å². The number of amides is 1. The summed E-state index contributed by atoms with van der Waals surface area (Å²) in [6.07, 6.45) is 0. The topological polar surface area (TPSA) is 67.2 Å². The van der Waals surface area contributed by atoms with Gasteiger partial charge < -0.3 is 9.80 Å². The molecule has 1 amide bonds. The standard InChI is InChI=1S/C30H25Cl3N6OS2/c1-19-9-10-21(32)16-26(19)39-28(23-7-2-3-8-24(23)33)35-36-30(39)42-18-27-34-25(17-41-27)29(40)38-13-11-37(12-14-38)22-6-4-5-20(31)15-22/h2-10,15-17H,11-14,18H2,1H3. The van der Waals surface area contributed by atoms with E-state index in [1.54, 1.807) is 0 Å². The summed E-state index contributed by atoms with van der Waals surface area (Å²) >= 11 is 22.1. The summed E-state index contributed by atoms with van der Waals surface area (Å²) in [7, 11) is 0. The van der Waals surface area contributed by atoms with Gasteiger partial charge in [0.05, 0.1) is 16.5 Å². The fraction of sp³-hybridized carbons (Fsp3) is 0.200. The fourth-order valence-corrected chi connectivity index (χ4v) is 7.13. The lowest BCUT2D eigenvalue weighted by atomic mass is 10.1. The van der Waals surface area contributed by atoms with Crippen LogP contribution >= 0.6 is 57.9 Å². The van der Waals surface area contributed by atoms with Crippen molar-refractivity contribution in [2.24, 2.45) is 0 Å². The van der Waals surface area contributed by atoms with Crippen LogP contribution < -0.4 is 4.90 Å². The quantitative estimate of drug-likeness (QED) is 0.166. The van der Waals surface area contributed by atoms with Gasteiger partial charge in [0.2, 0.25) is 0 Å². The molecule has 0 bridgehead atoms. The average molecular weight is 656 g/mol. The molecule has 0 N–H and O–H groups in total. The molecule has 2 aromatic heterocycles. The molecule has 3 heterocycles. The van der Waals surface area contributed by atoms with Crippen LogP contribution in [0.3, 0.4) is 0 Å². The molecule has 7 nitrogen and oxygen atoms in total. The highest BCUT2D eigenvalue weighted by molar-refractivity contribution is 7.98. The molecular formula is C30H25Cl3N6OS2. The molecule has 6 rings (SSSR count). The summed E-state index contributed by atoms with van der Waals surface area (Å²) in [5, 5.41) is 14.3. The fourth-order valence-electron chi connectivity index (χ4n) is 4.83. The van der Waals surface area contributed by atoms with Crippen molar-refractivity contribution in [3.63, 3.8) is 0 Å². The maximum Gasteiger partial charge on any atom is 0.273 e.